The number of aromatic nitrogens is 1. The molecule has 0 atom stereocenters. The summed E-state index contributed by atoms with van der Waals surface area (Å²) in [6.07, 6.45) is 1.67. The molecular formula is C13H9Br3N2OS. The van der Waals surface area contributed by atoms with Crippen molar-refractivity contribution in [1.82, 2.24) is 4.98 Å². The van der Waals surface area contributed by atoms with Crippen LogP contribution >= 0.6 is 60.0 Å². The van der Waals surface area contributed by atoms with Crippen LogP contribution in [0.3, 0.4) is 0 Å². The first-order valence-electron chi connectivity index (χ1n) is 5.49. The highest BCUT2D eigenvalue weighted by Gasteiger charge is 2.09. The van der Waals surface area contributed by atoms with Gasteiger partial charge in [0.2, 0.25) is 0 Å². The molecule has 3 nitrogen and oxygen atoms in total. The summed E-state index contributed by atoms with van der Waals surface area (Å²) in [7, 11) is 0. The van der Waals surface area contributed by atoms with E-state index in [1.807, 2.05) is 24.3 Å². The molecule has 2 rings (SSSR count). The lowest BCUT2D eigenvalue weighted by atomic mass is 10.2. The molecule has 0 radical (unpaired) electrons. The predicted octanol–water partition coefficient (Wildman–Crippen LogP) is 4.58. The van der Waals surface area contributed by atoms with E-state index < -0.39 is 0 Å². The molecule has 0 amide bonds. The topological polar surface area (TPSA) is 48.1 Å². The summed E-state index contributed by atoms with van der Waals surface area (Å²) in [4.78, 5) is 4.37. The third-order valence-corrected chi connectivity index (χ3v) is 4.27. The molecule has 0 aliphatic rings. The SMILES string of the molecule is NC(=S)c1cc(COc2c(Br)cc(Br)cc2Br)ccn1. The second-order valence-corrected chi connectivity index (χ2v) is 6.96. The van der Waals surface area contributed by atoms with Gasteiger partial charge in [-0.05, 0) is 61.7 Å². The zero-order valence-electron chi connectivity index (χ0n) is 10.1. The molecule has 1 heterocycles. The first-order chi connectivity index (χ1) is 9.47. The van der Waals surface area contributed by atoms with E-state index in [4.69, 9.17) is 22.7 Å². The zero-order valence-corrected chi connectivity index (χ0v) is 15.6. The summed E-state index contributed by atoms with van der Waals surface area (Å²) in [6, 6.07) is 7.53. The van der Waals surface area contributed by atoms with Gasteiger partial charge in [0.1, 0.15) is 17.3 Å². The number of ether oxygens (including phenoxy) is 1. The van der Waals surface area contributed by atoms with Crippen molar-refractivity contribution in [3.05, 3.63) is 55.1 Å². The average Bonchev–Trinajstić information content (AvgIpc) is 2.37. The van der Waals surface area contributed by atoms with Crippen LogP contribution in [0.4, 0.5) is 0 Å². The van der Waals surface area contributed by atoms with Gasteiger partial charge in [0.15, 0.2) is 0 Å². The molecular weight excluding hydrogens is 472 g/mol. The van der Waals surface area contributed by atoms with Gasteiger partial charge in [-0.15, -0.1) is 0 Å². The Morgan fingerprint density at radius 2 is 1.85 bits per heavy atom. The maximum absolute atomic E-state index is 5.82. The van der Waals surface area contributed by atoms with Gasteiger partial charge in [0.05, 0.1) is 14.6 Å². The smallest absolute Gasteiger partial charge is 0.148 e. The number of thiocarbonyl (C=S) groups is 1. The molecule has 0 saturated carbocycles. The summed E-state index contributed by atoms with van der Waals surface area (Å²) in [5.74, 6) is 0.738. The van der Waals surface area contributed by atoms with Gasteiger partial charge >= 0.3 is 0 Å². The summed E-state index contributed by atoms with van der Waals surface area (Å²) < 4.78 is 8.50. The molecule has 1 aromatic carbocycles. The van der Waals surface area contributed by atoms with Gasteiger partial charge in [-0.3, -0.25) is 4.98 Å². The summed E-state index contributed by atoms with van der Waals surface area (Å²) in [5, 5.41) is 0. The molecule has 0 spiro atoms. The highest BCUT2D eigenvalue weighted by molar-refractivity contribution is 9.11. The van der Waals surface area contributed by atoms with Crippen molar-refractivity contribution in [2.75, 3.05) is 0 Å². The van der Waals surface area contributed by atoms with E-state index >= 15 is 0 Å². The molecule has 0 aliphatic heterocycles. The quantitative estimate of drug-likeness (QED) is 0.651. The molecule has 0 aliphatic carbocycles. The largest absolute Gasteiger partial charge is 0.487 e. The minimum Gasteiger partial charge on any atom is -0.487 e. The Morgan fingerprint density at radius 3 is 2.45 bits per heavy atom. The Hall–Kier alpha value is -0.500. The van der Waals surface area contributed by atoms with Gasteiger partial charge in [-0.1, -0.05) is 28.1 Å². The fourth-order valence-corrected chi connectivity index (χ4v) is 4.12. The minimum absolute atomic E-state index is 0.276. The van der Waals surface area contributed by atoms with Crippen LogP contribution in [0.15, 0.2) is 43.9 Å². The number of hydrogen-bond acceptors (Lipinski definition) is 3. The molecule has 2 N–H and O–H groups in total. The van der Waals surface area contributed by atoms with E-state index in [1.165, 1.54) is 0 Å². The van der Waals surface area contributed by atoms with E-state index in [0.717, 1.165) is 24.7 Å². The van der Waals surface area contributed by atoms with Crippen LogP contribution < -0.4 is 10.5 Å². The Bertz CT molecular complexity index is 641. The number of nitrogens with two attached hydrogens (primary N) is 1. The van der Waals surface area contributed by atoms with Gasteiger partial charge in [-0.25, -0.2) is 0 Å². The summed E-state index contributed by atoms with van der Waals surface area (Å²) >= 11 is 15.3. The van der Waals surface area contributed by atoms with E-state index in [2.05, 4.69) is 52.8 Å². The van der Waals surface area contributed by atoms with Crippen LogP contribution in [-0.2, 0) is 6.61 Å². The van der Waals surface area contributed by atoms with Crippen LogP contribution in [0.5, 0.6) is 5.75 Å². The van der Waals surface area contributed by atoms with Crippen molar-refractivity contribution in [3.63, 3.8) is 0 Å². The van der Waals surface area contributed by atoms with Crippen molar-refractivity contribution in [2.24, 2.45) is 5.73 Å². The second-order valence-electron chi connectivity index (χ2n) is 3.90. The van der Waals surface area contributed by atoms with Gasteiger partial charge < -0.3 is 10.5 Å². The zero-order chi connectivity index (χ0) is 14.7. The lowest BCUT2D eigenvalue weighted by Crippen LogP contribution is -2.12. The monoisotopic (exact) mass is 478 g/mol. The molecule has 7 heteroatoms. The first-order valence-corrected chi connectivity index (χ1v) is 8.28. The van der Waals surface area contributed by atoms with Crippen molar-refractivity contribution < 1.29 is 4.74 Å². The van der Waals surface area contributed by atoms with Gasteiger partial charge in [0, 0.05) is 10.7 Å². The lowest BCUT2D eigenvalue weighted by Gasteiger charge is -2.11. The number of benzene rings is 1. The van der Waals surface area contributed by atoms with Crippen molar-refractivity contribution in [1.29, 1.82) is 0 Å². The molecule has 0 bridgehead atoms. The molecule has 20 heavy (non-hydrogen) atoms. The fourth-order valence-electron chi connectivity index (χ4n) is 1.52. The number of pyridine rings is 1. The first kappa shape index (κ1) is 15.9. The average molecular weight is 481 g/mol. The number of nitrogens with zero attached hydrogens (tertiary/aromatic N) is 1. The minimum atomic E-state index is 0.276. The normalized spacial score (nSPS) is 10.3. The van der Waals surface area contributed by atoms with Crippen LogP contribution in [0.1, 0.15) is 11.3 Å². The highest BCUT2D eigenvalue weighted by atomic mass is 79.9. The third-order valence-electron chi connectivity index (χ3n) is 2.42. The summed E-state index contributed by atoms with van der Waals surface area (Å²) in [6.45, 7) is 0.400. The Labute approximate surface area is 147 Å². The standard InChI is InChI=1S/C13H9Br3N2OS/c14-8-4-9(15)12(10(16)5-8)19-6-7-1-2-18-11(3-7)13(17)20/h1-5H,6H2,(H2,17,20). The Morgan fingerprint density at radius 1 is 1.20 bits per heavy atom. The lowest BCUT2D eigenvalue weighted by molar-refractivity contribution is 0.302. The van der Waals surface area contributed by atoms with Gasteiger partial charge in [-0.2, -0.15) is 0 Å². The van der Waals surface area contributed by atoms with Crippen LogP contribution in [-0.4, -0.2) is 9.97 Å². The molecule has 2 aromatic rings. The number of halogens is 3. The Kier molecular flexibility index (Phi) is 5.54. The molecule has 0 saturated heterocycles. The highest BCUT2D eigenvalue weighted by Crippen LogP contribution is 2.36. The van der Waals surface area contributed by atoms with Crippen molar-refractivity contribution >= 4 is 65.0 Å². The Balaban J connectivity index is 2.17. The summed E-state index contributed by atoms with van der Waals surface area (Å²) in [5.41, 5.74) is 7.10. The molecule has 1 aromatic heterocycles. The number of rotatable bonds is 4. The molecule has 104 valence electrons. The van der Waals surface area contributed by atoms with Gasteiger partial charge in [0.25, 0.3) is 0 Å². The van der Waals surface area contributed by atoms with E-state index in [0.29, 0.717) is 12.3 Å². The maximum Gasteiger partial charge on any atom is 0.148 e. The second kappa shape index (κ2) is 6.98. The molecule has 0 unspecified atom stereocenters. The van der Waals surface area contributed by atoms with E-state index in [-0.39, 0.29) is 4.99 Å². The predicted molar refractivity (Wildman–Crippen MR) is 94.0 cm³/mol. The van der Waals surface area contributed by atoms with Crippen LogP contribution in [0.25, 0.3) is 0 Å². The van der Waals surface area contributed by atoms with Crippen LogP contribution in [0.2, 0.25) is 0 Å². The third kappa shape index (κ3) is 4.00. The van der Waals surface area contributed by atoms with E-state index in [9.17, 15) is 0 Å². The maximum atomic E-state index is 5.82. The van der Waals surface area contributed by atoms with Crippen molar-refractivity contribution in [3.8, 4) is 5.75 Å². The van der Waals surface area contributed by atoms with Crippen molar-refractivity contribution in [2.45, 2.75) is 6.61 Å². The molecule has 0 fully saturated rings. The van der Waals surface area contributed by atoms with E-state index in [1.54, 1.807) is 6.20 Å². The number of hydrogen-bond donors (Lipinski definition) is 1. The fraction of sp³-hybridized carbons (Fsp3) is 0.0769. The van der Waals surface area contributed by atoms with Crippen LogP contribution in [0, 0.1) is 0 Å².